The Balaban J connectivity index is 1.17. The maximum absolute atomic E-state index is 7.13. The van der Waals surface area contributed by atoms with E-state index < -0.39 is 16.6 Å². The molecule has 0 heterocycles. The van der Waals surface area contributed by atoms with Gasteiger partial charge in [0.05, 0.1) is 13.2 Å². The highest BCUT2D eigenvalue weighted by atomic mass is 33.1. The van der Waals surface area contributed by atoms with Crippen LogP contribution in [0, 0.1) is 0 Å². The molecule has 0 aromatic heterocycles. The normalized spacial score (nSPS) is 12.8. The van der Waals surface area contributed by atoms with Gasteiger partial charge in [-0.2, -0.15) is 0 Å². The van der Waals surface area contributed by atoms with E-state index in [0.29, 0.717) is 13.2 Å². The van der Waals surface area contributed by atoms with Crippen LogP contribution in [0.15, 0.2) is 192 Å². The average molecular weight is 807 g/mol. The number of hydrogen-bond acceptors (Lipinski definition) is 4. The number of benzene rings is 6. The minimum atomic E-state index is -2.61. The van der Waals surface area contributed by atoms with Gasteiger partial charge >= 0.3 is 0 Å². The van der Waals surface area contributed by atoms with Crippen molar-refractivity contribution in [1.29, 1.82) is 0 Å². The van der Waals surface area contributed by atoms with E-state index in [-0.39, 0.29) is 10.1 Å². The van der Waals surface area contributed by atoms with Crippen LogP contribution >= 0.6 is 21.6 Å². The van der Waals surface area contributed by atoms with E-state index in [1.165, 1.54) is 41.7 Å². The third-order valence-electron chi connectivity index (χ3n) is 10.3. The van der Waals surface area contributed by atoms with Crippen molar-refractivity contribution in [1.82, 2.24) is 0 Å². The minimum Gasteiger partial charge on any atom is -0.404 e. The van der Waals surface area contributed by atoms with Crippen LogP contribution in [-0.2, 0) is 8.85 Å². The molecule has 6 aromatic rings. The van der Waals surface area contributed by atoms with E-state index in [9.17, 15) is 0 Å². The van der Waals surface area contributed by atoms with Crippen molar-refractivity contribution < 1.29 is 8.85 Å². The first-order valence-corrected chi connectivity index (χ1v) is 25.4. The lowest BCUT2D eigenvalue weighted by Gasteiger charge is -2.42. The van der Waals surface area contributed by atoms with Gasteiger partial charge in [0.15, 0.2) is 0 Å². The molecule has 0 amide bonds. The zero-order chi connectivity index (χ0) is 39.5. The molecule has 0 aliphatic rings. The molecule has 286 valence electrons. The summed E-state index contributed by atoms with van der Waals surface area (Å²) in [5.41, 5.74) is 2.37. The first-order chi connectivity index (χ1) is 27.1. The van der Waals surface area contributed by atoms with Crippen LogP contribution in [0.4, 0.5) is 0 Å². The fourth-order valence-corrected chi connectivity index (χ4v) is 19.1. The zero-order valence-corrected chi connectivity index (χ0v) is 37.2. The van der Waals surface area contributed by atoms with Crippen LogP contribution in [0.5, 0.6) is 0 Å². The molecule has 0 fully saturated rings. The molecule has 0 saturated heterocycles. The highest BCUT2D eigenvalue weighted by molar-refractivity contribution is 8.76. The monoisotopic (exact) mass is 806 g/mol. The summed E-state index contributed by atoms with van der Waals surface area (Å²) in [5.74, 6) is 0. The largest absolute Gasteiger partial charge is 0.404 e. The average Bonchev–Trinajstić information content (AvgIpc) is 3.21. The molecule has 0 unspecified atom stereocenters. The molecule has 2 nitrogen and oxygen atoms in total. The molecule has 0 radical (unpaired) electrons. The van der Waals surface area contributed by atoms with E-state index in [1.807, 2.05) is 0 Å². The van der Waals surface area contributed by atoms with Crippen molar-refractivity contribution in [2.75, 3.05) is 13.2 Å². The Hall–Kier alpha value is -4.15. The quantitative estimate of drug-likeness (QED) is 0.0760. The maximum Gasteiger partial charge on any atom is 0.261 e. The molecule has 6 aromatic carbocycles. The first-order valence-electron chi connectivity index (χ1n) is 19.4. The van der Waals surface area contributed by atoms with Gasteiger partial charge in [-0.1, -0.05) is 245 Å². The molecule has 6 heteroatoms. The topological polar surface area (TPSA) is 18.5 Å². The van der Waals surface area contributed by atoms with Crippen molar-refractivity contribution in [3.8, 4) is 0 Å². The summed E-state index contributed by atoms with van der Waals surface area (Å²) in [5, 5.41) is 5.04. The van der Waals surface area contributed by atoms with Crippen molar-refractivity contribution >= 4 is 71.1 Å². The highest BCUT2D eigenvalue weighted by Gasteiger charge is 2.51. The standard InChI is InChI=1S/C50H54O2S2Si2/c1-49(2,3)55(43-29-11-7-12-30-43,44-31-13-8-14-32-44)51-39-23-27-41-25-19-21-37-47(41)53-54-48-38-22-20-26-42(48)28-24-40-52-56(50(4,5)6,45-33-15-9-16-34-45)46-35-17-10-18-36-46/h7-38H,39-40H2,1-6H3/b27-23+,28-24+. The van der Waals surface area contributed by atoms with Gasteiger partial charge in [-0.3, -0.25) is 0 Å². The molecule has 0 saturated carbocycles. The summed E-state index contributed by atoms with van der Waals surface area (Å²) in [4.78, 5) is 2.43. The van der Waals surface area contributed by atoms with Crippen LogP contribution in [-0.4, -0.2) is 29.8 Å². The lowest BCUT2D eigenvalue weighted by molar-refractivity contribution is 0.340. The molecule has 0 bridgehead atoms. The second kappa shape index (κ2) is 18.9. The van der Waals surface area contributed by atoms with E-state index in [0.717, 1.165) is 0 Å². The second-order valence-corrected chi connectivity index (χ2v) is 26.8. The molecule has 6 rings (SSSR count). The predicted molar refractivity (Wildman–Crippen MR) is 250 cm³/mol. The zero-order valence-electron chi connectivity index (χ0n) is 33.5. The molecule has 56 heavy (non-hydrogen) atoms. The number of rotatable bonds is 15. The van der Waals surface area contributed by atoms with Crippen LogP contribution in [0.2, 0.25) is 10.1 Å². The van der Waals surface area contributed by atoms with Crippen molar-refractivity contribution in [2.24, 2.45) is 0 Å². The van der Waals surface area contributed by atoms with Gasteiger partial charge in [-0.25, -0.2) is 0 Å². The van der Waals surface area contributed by atoms with Gasteiger partial charge < -0.3 is 8.85 Å². The molecule has 0 N–H and O–H groups in total. The van der Waals surface area contributed by atoms with E-state index >= 15 is 0 Å². The van der Waals surface area contributed by atoms with Crippen molar-refractivity contribution in [3.63, 3.8) is 0 Å². The van der Waals surface area contributed by atoms with Crippen molar-refractivity contribution in [2.45, 2.75) is 61.4 Å². The van der Waals surface area contributed by atoms with Gasteiger partial charge in [0, 0.05) is 9.79 Å². The third kappa shape index (κ3) is 9.34. The van der Waals surface area contributed by atoms with E-state index in [2.05, 4.69) is 236 Å². The molecule has 0 aliphatic heterocycles. The molecule has 0 aliphatic carbocycles. The molecular weight excluding hydrogens is 753 g/mol. The summed E-state index contributed by atoms with van der Waals surface area (Å²) in [6.07, 6.45) is 8.81. The Labute approximate surface area is 345 Å². The number of hydrogen-bond donors (Lipinski definition) is 0. The van der Waals surface area contributed by atoms with Gasteiger partial charge in [0.25, 0.3) is 16.6 Å². The Morgan fingerprint density at radius 2 is 0.661 bits per heavy atom. The van der Waals surface area contributed by atoms with Crippen molar-refractivity contribution in [3.05, 3.63) is 193 Å². The lowest BCUT2D eigenvalue weighted by Crippen LogP contribution is -2.66. The second-order valence-electron chi connectivity index (χ2n) is 16.0. The van der Waals surface area contributed by atoms with E-state index in [1.54, 1.807) is 21.6 Å². The van der Waals surface area contributed by atoms with Crippen LogP contribution in [0.3, 0.4) is 0 Å². The van der Waals surface area contributed by atoms with Gasteiger partial charge in [0.1, 0.15) is 0 Å². The fraction of sp³-hybridized carbons (Fsp3) is 0.200. The summed E-state index contributed by atoms with van der Waals surface area (Å²) in [6, 6.07) is 60.6. The summed E-state index contributed by atoms with van der Waals surface area (Å²) in [6.45, 7) is 15.0. The predicted octanol–water partition coefficient (Wildman–Crippen LogP) is 11.7. The Bertz CT molecular complexity index is 1940. The Morgan fingerprint density at radius 3 is 0.946 bits per heavy atom. The summed E-state index contributed by atoms with van der Waals surface area (Å²) >= 11 is 0. The fourth-order valence-electron chi connectivity index (χ4n) is 7.70. The van der Waals surface area contributed by atoms with Crippen LogP contribution < -0.4 is 20.7 Å². The maximum atomic E-state index is 7.13. The molecule has 0 atom stereocenters. The minimum absolute atomic E-state index is 0.0661. The first kappa shape index (κ1) is 41.5. The smallest absolute Gasteiger partial charge is 0.261 e. The molecule has 0 spiro atoms. The molecular formula is C50H54O2S2Si2. The summed E-state index contributed by atoms with van der Waals surface area (Å²) in [7, 11) is -1.63. The summed E-state index contributed by atoms with van der Waals surface area (Å²) < 4.78 is 14.3. The van der Waals surface area contributed by atoms with Gasteiger partial charge in [0.2, 0.25) is 0 Å². The van der Waals surface area contributed by atoms with Crippen LogP contribution in [0.1, 0.15) is 52.7 Å². The SMILES string of the molecule is CC(C)(C)[Si](OC/C=C/c1ccccc1SSc1ccccc1/C=C/CO[Si](c1ccccc1)(c1ccccc1)C(C)(C)C)(c1ccccc1)c1ccccc1. The highest BCUT2D eigenvalue weighted by Crippen LogP contribution is 2.42. The van der Waals surface area contributed by atoms with Gasteiger partial charge in [-0.15, -0.1) is 0 Å². The van der Waals surface area contributed by atoms with Gasteiger partial charge in [-0.05, 0) is 54.1 Å². The van der Waals surface area contributed by atoms with Crippen LogP contribution in [0.25, 0.3) is 12.2 Å². The Kier molecular flexibility index (Phi) is 14.0. The Morgan fingerprint density at radius 1 is 0.393 bits per heavy atom. The third-order valence-corrected chi connectivity index (χ3v) is 22.8. The lowest BCUT2D eigenvalue weighted by atomic mass is 10.2. The van der Waals surface area contributed by atoms with E-state index in [4.69, 9.17) is 8.85 Å².